The minimum Gasteiger partial charge on any atom is -0.443 e. The number of aromatic nitrogens is 4. The van der Waals surface area contributed by atoms with Gasteiger partial charge < -0.3 is 24.5 Å². The van der Waals surface area contributed by atoms with E-state index < -0.39 is 16.7 Å². The van der Waals surface area contributed by atoms with Crippen LogP contribution in [0.15, 0.2) is 42.9 Å². The Bertz CT molecular complexity index is 1100. The van der Waals surface area contributed by atoms with Crippen molar-refractivity contribution in [2.24, 2.45) is 0 Å². The van der Waals surface area contributed by atoms with Crippen molar-refractivity contribution in [1.82, 2.24) is 19.5 Å². The highest BCUT2D eigenvalue weighted by atomic mass is 19.4. The maximum atomic E-state index is 12.7. The minimum atomic E-state index is -4.40. The molecule has 0 N–H and O–H groups in total. The summed E-state index contributed by atoms with van der Waals surface area (Å²) in [5.41, 5.74) is 0.454. The summed E-state index contributed by atoms with van der Waals surface area (Å²) in [6.45, 7) is 0.736. The van der Waals surface area contributed by atoms with Crippen LogP contribution in [0.25, 0.3) is 0 Å². The van der Waals surface area contributed by atoms with E-state index in [1.54, 1.807) is 24.3 Å². The molecule has 0 fully saturated rings. The molecule has 1 aliphatic rings. The Morgan fingerprint density at radius 2 is 1.97 bits per heavy atom. The third kappa shape index (κ3) is 4.61. The van der Waals surface area contributed by atoms with Crippen LogP contribution in [-0.2, 0) is 24.1 Å². The lowest BCUT2D eigenvalue weighted by Gasteiger charge is -2.22. The first-order valence-corrected chi connectivity index (χ1v) is 9.38. The maximum absolute atomic E-state index is 12.7. The van der Waals surface area contributed by atoms with Crippen LogP contribution in [-0.4, -0.2) is 44.2 Å². The molecule has 1 atom stereocenters. The van der Waals surface area contributed by atoms with Gasteiger partial charge >= 0.3 is 18.0 Å². The molecule has 32 heavy (non-hydrogen) atoms. The number of alkyl halides is 3. The molecule has 3 heterocycles. The van der Waals surface area contributed by atoms with Gasteiger partial charge in [0.05, 0.1) is 18.7 Å². The average molecular weight is 450 g/mol. The Hall–Kier alpha value is -3.74. The molecule has 0 aliphatic carbocycles. The summed E-state index contributed by atoms with van der Waals surface area (Å²) < 4.78 is 50.8. The number of nitrogens with zero attached hydrogens (tertiary/aromatic N) is 6. The Morgan fingerprint density at radius 1 is 1.28 bits per heavy atom. The van der Waals surface area contributed by atoms with E-state index in [-0.39, 0.29) is 31.1 Å². The number of hydrogen-bond donors (Lipinski definition) is 0. The standard InChI is InChI=1S/C19H17F3N6O4/c1-26(14-4-2-13(3-5-14)19(20,21)22)17-23-6-12(7-24-17)10-31-15-8-27-9-16(28(29)30)25-18(27)32-11-15/h2-7,9,15H,8,10-11H2,1H3/t15-/m0/s1. The van der Waals surface area contributed by atoms with Crippen molar-refractivity contribution in [1.29, 1.82) is 0 Å². The van der Waals surface area contributed by atoms with Crippen LogP contribution < -0.4 is 9.64 Å². The van der Waals surface area contributed by atoms with Crippen LogP contribution in [0.2, 0.25) is 0 Å². The second kappa shape index (κ2) is 8.42. The number of benzene rings is 1. The highest BCUT2D eigenvalue weighted by Crippen LogP contribution is 2.31. The van der Waals surface area contributed by atoms with Crippen LogP contribution in [0.4, 0.5) is 30.6 Å². The fourth-order valence-corrected chi connectivity index (χ4v) is 3.06. The summed E-state index contributed by atoms with van der Waals surface area (Å²) in [7, 11) is 1.65. The summed E-state index contributed by atoms with van der Waals surface area (Å²) in [6, 6.07) is 4.87. The Kier molecular flexibility index (Phi) is 5.65. The SMILES string of the molecule is CN(c1ccc(C(F)(F)F)cc1)c1ncc(CO[C@@H]2COc3nc([N+](=O)[O-])cn3C2)cn1. The largest absolute Gasteiger partial charge is 0.443 e. The summed E-state index contributed by atoms with van der Waals surface area (Å²) in [5.74, 6) is 0.0201. The van der Waals surface area contributed by atoms with Crippen molar-refractivity contribution in [3.8, 4) is 6.01 Å². The molecule has 0 radical (unpaired) electrons. The predicted molar refractivity (Wildman–Crippen MR) is 104 cm³/mol. The van der Waals surface area contributed by atoms with Crippen LogP contribution in [0.5, 0.6) is 6.01 Å². The molecule has 0 unspecified atom stereocenters. The van der Waals surface area contributed by atoms with E-state index in [0.717, 1.165) is 12.1 Å². The third-order valence-electron chi connectivity index (χ3n) is 4.77. The number of imidazole rings is 1. The van der Waals surface area contributed by atoms with Crippen LogP contribution in [0.1, 0.15) is 11.1 Å². The first-order chi connectivity index (χ1) is 15.2. The molecule has 0 amide bonds. The highest BCUT2D eigenvalue weighted by molar-refractivity contribution is 5.56. The summed E-state index contributed by atoms with van der Waals surface area (Å²) in [4.78, 5) is 24.0. The van der Waals surface area contributed by atoms with E-state index in [9.17, 15) is 23.3 Å². The zero-order valence-electron chi connectivity index (χ0n) is 16.7. The molecule has 1 aromatic carbocycles. The number of ether oxygens (including phenoxy) is 2. The van der Waals surface area contributed by atoms with Crippen molar-refractivity contribution in [3.05, 3.63) is 64.1 Å². The maximum Gasteiger partial charge on any atom is 0.416 e. The molecule has 1 aliphatic heterocycles. The van der Waals surface area contributed by atoms with E-state index in [0.29, 0.717) is 23.7 Å². The quantitative estimate of drug-likeness (QED) is 0.416. The molecule has 2 aromatic heterocycles. The minimum absolute atomic E-state index is 0.176. The summed E-state index contributed by atoms with van der Waals surface area (Å²) in [6.07, 6.45) is -0.335. The molecule has 0 saturated heterocycles. The summed E-state index contributed by atoms with van der Waals surface area (Å²) in [5, 5.41) is 10.8. The number of rotatable bonds is 6. The van der Waals surface area contributed by atoms with Crippen molar-refractivity contribution >= 4 is 17.5 Å². The Labute approximate surface area is 179 Å². The van der Waals surface area contributed by atoms with E-state index >= 15 is 0 Å². The lowest BCUT2D eigenvalue weighted by molar-refractivity contribution is -0.389. The molecule has 13 heteroatoms. The first kappa shape index (κ1) is 21.5. The van der Waals surface area contributed by atoms with E-state index in [1.807, 2.05) is 0 Å². The normalized spacial score (nSPS) is 15.7. The zero-order valence-corrected chi connectivity index (χ0v) is 16.7. The fraction of sp³-hybridized carbons (Fsp3) is 0.316. The molecule has 0 saturated carbocycles. The second-order valence-corrected chi connectivity index (χ2v) is 7.03. The van der Waals surface area contributed by atoms with E-state index in [4.69, 9.17) is 9.47 Å². The van der Waals surface area contributed by atoms with Crippen molar-refractivity contribution in [2.75, 3.05) is 18.6 Å². The molecule has 0 bridgehead atoms. The lowest BCUT2D eigenvalue weighted by atomic mass is 10.2. The van der Waals surface area contributed by atoms with Gasteiger partial charge in [0, 0.05) is 35.7 Å². The van der Waals surface area contributed by atoms with Gasteiger partial charge in [0.1, 0.15) is 18.9 Å². The number of fused-ring (bicyclic) bond motifs is 1. The predicted octanol–water partition coefficient (Wildman–Crippen LogP) is 3.35. The van der Waals surface area contributed by atoms with Crippen molar-refractivity contribution in [2.45, 2.75) is 25.4 Å². The van der Waals surface area contributed by atoms with Gasteiger partial charge in [-0.2, -0.15) is 13.2 Å². The van der Waals surface area contributed by atoms with Gasteiger partial charge in [-0.25, -0.2) is 9.97 Å². The van der Waals surface area contributed by atoms with Gasteiger partial charge in [-0.05, 0) is 29.2 Å². The van der Waals surface area contributed by atoms with Gasteiger partial charge in [0.2, 0.25) is 5.95 Å². The molecule has 3 aromatic rings. The number of nitro groups is 1. The third-order valence-corrected chi connectivity index (χ3v) is 4.77. The zero-order chi connectivity index (χ0) is 22.9. The molecule has 168 valence electrons. The first-order valence-electron chi connectivity index (χ1n) is 9.38. The topological polar surface area (TPSA) is 108 Å². The lowest BCUT2D eigenvalue weighted by Crippen LogP contribution is -2.32. The van der Waals surface area contributed by atoms with Gasteiger partial charge in [-0.1, -0.05) is 0 Å². The van der Waals surface area contributed by atoms with Gasteiger partial charge in [-0.15, -0.1) is 0 Å². The van der Waals surface area contributed by atoms with Gasteiger partial charge in [0.15, 0.2) is 0 Å². The van der Waals surface area contributed by atoms with E-state index in [2.05, 4.69) is 15.0 Å². The van der Waals surface area contributed by atoms with Crippen LogP contribution in [0, 0.1) is 10.1 Å². The molecular formula is C19H17F3N6O4. The monoisotopic (exact) mass is 450 g/mol. The Balaban J connectivity index is 1.34. The number of anilines is 2. The van der Waals surface area contributed by atoms with Crippen molar-refractivity contribution < 1.29 is 27.6 Å². The Morgan fingerprint density at radius 3 is 2.59 bits per heavy atom. The summed E-state index contributed by atoms with van der Waals surface area (Å²) >= 11 is 0. The fourth-order valence-electron chi connectivity index (χ4n) is 3.06. The number of hydrogen-bond acceptors (Lipinski definition) is 8. The second-order valence-electron chi connectivity index (χ2n) is 7.03. The van der Waals surface area contributed by atoms with E-state index in [1.165, 1.54) is 22.9 Å². The number of halogens is 3. The van der Waals surface area contributed by atoms with Crippen LogP contribution in [0.3, 0.4) is 0 Å². The molecule has 10 nitrogen and oxygen atoms in total. The smallest absolute Gasteiger partial charge is 0.416 e. The molecular weight excluding hydrogens is 433 g/mol. The van der Waals surface area contributed by atoms with Crippen molar-refractivity contribution in [3.63, 3.8) is 0 Å². The van der Waals surface area contributed by atoms with Crippen LogP contribution >= 0.6 is 0 Å². The van der Waals surface area contributed by atoms with Gasteiger partial charge in [-0.3, -0.25) is 4.57 Å². The molecule has 0 spiro atoms. The molecule has 4 rings (SSSR count). The highest BCUT2D eigenvalue weighted by Gasteiger charge is 2.30. The average Bonchev–Trinajstić information content (AvgIpc) is 3.21. The van der Waals surface area contributed by atoms with Gasteiger partial charge in [0.25, 0.3) is 0 Å².